The average Bonchev–Trinajstić information content (AvgIpc) is 3.40. The van der Waals surface area contributed by atoms with Gasteiger partial charge in [0, 0.05) is 47.7 Å². The van der Waals surface area contributed by atoms with Gasteiger partial charge in [0.25, 0.3) is 0 Å². The van der Waals surface area contributed by atoms with Crippen molar-refractivity contribution >= 4 is 27.6 Å². The van der Waals surface area contributed by atoms with Crippen LogP contribution in [0.15, 0.2) is 79.0 Å². The number of ether oxygens (including phenoxy) is 3. The van der Waals surface area contributed by atoms with Crippen LogP contribution in [0.25, 0.3) is 21.8 Å². The van der Waals surface area contributed by atoms with E-state index in [2.05, 4.69) is 94.9 Å². The van der Waals surface area contributed by atoms with Crippen LogP contribution in [0.5, 0.6) is 17.2 Å². The van der Waals surface area contributed by atoms with Crippen LogP contribution < -0.4 is 19.1 Å². The number of hydrogen-bond acceptors (Lipinski definition) is 6. The van der Waals surface area contributed by atoms with Crippen LogP contribution in [0.3, 0.4) is 0 Å². The monoisotopic (exact) mass is 594 g/mol. The lowest BCUT2D eigenvalue weighted by Gasteiger charge is -2.28. The third-order valence-electron chi connectivity index (χ3n) is 8.59. The van der Waals surface area contributed by atoms with Gasteiger partial charge in [-0.3, -0.25) is 0 Å². The Kier molecular flexibility index (Phi) is 10.6. The lowest BCUT2D eigenvalue weighted by Crippen LogP contribution is -2.30. The predicted octanol–water partition coefficient (Wildman–Crippen LogP) is 7.59. The number of benzene rings is 3. The number of aromatic nitrogens is 2. The molecule has 2 heterocycles. The van der Waals surface area contributed by atoms with E-state index in [-0.39, 0.29) is 0 Å². The highest BCUT2D eigenvalue weighted by atomic mass is 16.5. The van der Waals surface area contributed by atoms with E-state index >= 15 is 0 Å². The number of hydrogen-bond donors (Lipinski definition) is 0. The van der Waals surface area contributed by atoms with Crippen LogP contribution in [-0.4, -0.2) is 62.0 Å². The number of nitrogens with zero attached hydrogens (tertiary/aromatic N) is 4. The average molecular weight is 595 g/mol. The topological polar surface area (TPSA) is 52.0 Å². The zero-order valence-electron chi connectivity index (χ0n) is 26.9. The van der Waals surface area contributed by atoms with Gasteiger partial charge in [0.2, 0.25) is 5.75 Å². The van der Waals surface area contributed by atoms with Gasteiger partial charge in [-0.15, -0.1) is 0 Å². The zero-order chi connectivity index (χ0) is 30.9. The van der Waals surface area contributed by atoms with Crippen LogP contribution in [-0.2, 0) is 19.5 Å². The summed E-state index contributed by atoms with van der Waals surface area (Å²) in [5, 5.41) is 2.50. The largest absolute Gasteiger partial charge is 0.493 e. The molecule has 0 unspecified atom stereocenters. The molecule has 3 aromatic carbocycles. The van der Waals surface area contributed by atoms with Gasteiger partial charge < -0.3 is 28.6 Å². The Balaban J connectivity index is 1.58. The standard InChI is InChI=1S/C37H46N4O3/c1-6-39(7-2)24-14-25-40(27-29-20-21-33(42-3)36(44-5)35(29)43-4)37-34-31(22-23-38-37)30-18-11-12-19-32(30)41(34)26-13-17-28-15-9-8-10-16-28/h8-12,15-16,18-23H,6-7,13-14,17,24-27H2,1-5H3. The van der Waals surface area contributed by atoms with Crippen LogP contribution in [0.2, 0.25) is 0 Å². The van der Waals surface area contributed by atoms with Gasteiger partial charge in [-0.25, -0.2) is 4.98 Å². The van der Waals surface area contributed by atoms with Crippen molar-refractivity contribution in [3.8, 4) is 17.2 Å². The van der Waals surface area contributed by atoms with Gasteiger partial charge >= 0.3 is 0 Å². The first-order valence-corrected chi connectivity index (χ1v) is 15.8. The summed E-state index contributed by atoms with van der Waals surface area (Å²) in [6.45, 7) is 9.96. The molecule has 0 saturated heterocycles. The Morgan fingerprint density at radius 2 is 1.48 bits per heavy atom. The normalized spacial score (nSPS) is 11.4. The van der Waals surface area contributed by atoms with E-state index in [0.29, 0.717) is 23.8 Å². The van der Waals surface area contributed by atoms with Crippen LogP contribution in [0.4, 0.5) is 5.82 Å². The molecular formula is C37H46N4O3. The number of pyridine rings is 1. The van der Waals surface area contributed by atoms with E-state index in [1.807, 2.05) is 12.3 Å². The van der Waals surface area contributed by atoms with E-state index in [0.717, 1.165) is 63.4 Å². The second kappa shape index (κ2) is 15.0. The van der Waals surface area contributed by atoms with Crippen LogP contribution >= 0.6 is 0 Å². The van der Waals surface area contributed by atoms with Gasteiger partial charge in [0.15, 0.2) is 17.3 Å². The minimum Gasteiger partial charge on any atom is -0.493 e. The zero-order valence-corrected chi connectivity index (χ0v) is 26.9. The summed E-state index contributed by atoms with van der Waals surface area (Å²) in [6.07, 6.45) is 5.05. The first-order chi connectivity index (χ1) is 21.6. The maximum absolute atomic E-state index is 5.91. The fourth-order valence-electron chi connectivity index (χ4n) is 6.31. The van der Waals surface area contributed by atoms with E-state index in [1.54, 1.807) is 21.3 Å². The number of rotatable bonds is 16. The van der Waals surface area contributed by atoms with Crippen LogP contribution in [0.1, 0.15) is 37.8 Å². The molecule has 7 nitrogen and oxygen atoms in total. The van der Waals surface area contributed by atoms with Crippen molar-refractivity contribution in [3.63, 3.8) is 0 Å². The molecule has 44 heavy (non-hydrogen) atoms. The third-order valence-corrected chi connectivity index (χ3v) is 8.59. The summed E-state index contributed by atoms with van der Waals surface area (Å²) in [6, 6.07) is 25.7. The number of anilines is 1. The van der Waals surface area contributed by atoms with Crippen molar-refractivity contribution in [1.82, 2.24) is 14.5 Å². The summed E-state index contributed by atoms with van der Waals surface area (Å²) in [5.41, 5.74) is 4.82. The van der Waals surface area contributed by atoms with Crippen molar-refractivity contribution in [3.05, 3.63) is 90.1 Å². The molecule has 0 aliphatic heterocycles. The lowest BCUT2D eigenvalue weighted by atomic mass is 10.1. The number of aryl methyl sites for hydroxylation is 2. The fourth-order valence-corrected chi connectivity index (χ4v) is 6.31. The minimum absolute atomic E-state index is 0.608. The molecule has 0 N–H and O–H groups in total. The summed E-state index contributed by atoms with van der Waals surface area (Å²) in [4.78, 5) is 9.98. The lowest BCUT2D eigenvalue weighted by molar-refractivity contribution is 0.300. The van der Waals surface area contributed by atoms with E-state index in [4.69, 9.17) is 19.2 Å². The molecular weight excluding hydrogens is 548 g/mol. The van der Waals surface area contributed by atoms with Gasteiger partial charge in [-0.2, -0.15) is 0 Å². The molecule has 5 rings (SSSR count). The summed E-state index contributed by atoms with van der Waals surface area (Å²) < 4.78 is 19.7. The molecule has 5 aromatic rings. The molecule has 232 valence electrons. The molecule has 2 aromatic heterocycles. The van der Waals surface area contributed by atoms with Crippen molar-refractivity contribution in [1.29, 1.82) is 0 Å². The van der Waals surface area contributed by atoms with Gasteiger partial charge in [0.05, 0.1) is 26.8 Å². The molecule has 0 aliphatic carbocycles. The summed E-state index contributed by atoms with van der Waals surface area (Å²) in [5.74, 6) is 2.95. The Morgan fingerprint density at radius 3 is 2.20 bits per heavy atom. The minimum atomic E-state index is 0.608. The second-order valence-corrected chi connectivity index (χ2v) is 11.1. The van der Waals surface area contributed by atoms with Gasteiger partial charge in [0.1, 0.15) is 0 Å². The summed E-state index contributed by atoms with van der Waals surface area (Å²) in [7, 11) is 5.00. The van der Waals surface area contributed by atoms with Gasteiger partial charge in [-0.1, -0.05) is 62.4 Å². The smallest absolute Gasteiger partial charge is 0.203 e. The van der Waals surface area contributed by atoms with Crippen molar-refractivity contribution in [2.24, 2.45) is 0 Å². The number of methoxy groups -OCH3 is 3. The highest BCUT2D eigenvalue weighted by molar-refractivity contribution is 6.11. The molecule has 0 saturated carbocycles. The maximum Gasteiger partial charge on any atom is 0.203 e. The second-order valence-electron chi connectivity index (χ2n) is 11.1. The molecule has 0 amide bonds. The molecule has 0 atom stereocenters. The Bertz CT molecular complexity index is 1650. The van der Waals surface area contributed by atoms with Gasteiger partial charge in [-0.05, 0) is 68.7 Å². The first-order valence-electron chi connectivity index (χ1n) is 15.8. The SMILES string of the molecule is CCN(CC)CCCN(Cc1ccc(OC)c(OC)c1OC)c1nccc2c3ccccc3n(CCCc3ccccc3)c12. The Labute approximate surface area is 262 Å². The number of fused-ring (bicyclic) bond motifs is 3. The highest BCUT2D eigenvalue weighted by Gasteiger charge is 2.23. The molecule has 7 heteroatoms. The predicted molar refractivity (Wildman–Crippen MR) is 182 cm³/mol. The molecule has 0 bridgehead atoms. The highest BCUT2D eigenvalue weighted by Crippen LogP contribution is 2.41. The van der Waals surface area contributed by atoms with Crippen molar-refractivity contribution < 1.29 is 14.2 Å². The van der Waals surface area contributed by atoms with E-state index < -0.39 is 0 Å². The third kappa shape index (κ3) is 6.63. The van der Waals surface area contributed by atoms with Crippen molar-refractivity contribution in [2.45, 2.75) is 46.2 Å². The fraction of sp³-hybridized carbons (Fsp3) is 0.378. The molecule has 0 radical (unpaired) electrons. The van der Waals surface area contributed by atoms with E-state index in [1.165, 1.54) is 27.4 Å². The van der Waals surface area contributed by atoms with Crippen LogP contribution in [0, 0.1) is 0 Å². The molecule has 0 fully saturated rings. The molecule has 0 spiro atoms. The van der Waals surface area contributed by atoms with Crippen molar-refractivity contribution in [2.75, 3.05) is 52.4 Å². The number of para-hydroxylation sites is 1. The maximum atomic E-state index is 5.91. The quantitative estimate of drug-likeness (QED) is 0.117. The molecule has 0 aliphatic rings. The first kappa shape index (κ1) is 31.2. The Morgan fingerprint density at radius 1 is 0.727 bits per heavy atom. The Hall–Kier alpha value is -4.23. The van der Waals surface area contributed by atoms with E-state index in [9.17, 15) is 0 Å². The summed E-state index contributed by atoms with van der Waals surface area (Å²) >= 11 is 0.